The molecular weight excluding hydrogens is 386 g/mol. The van der Waals surface area contributed by atoms with Gasteiger partial charge in [-0.3, -0.25) is 4.79 Å². The highest BCUT2D eigenvalue weighted by Gasteiger charge is 2.17. The zero-order valence-electron chi connectivity index (χ0n) is 16.3. The molecule has 0 aliphatic heterocycles. The Hall–Kier alpha value is -2.93. The molecule has 0 bridgehead atoms. The van der Waals surface area contributed by atoms with Crippen LogP contribution in [-0.4, -0.2) is 29.1 Å². The fourth-order valence-corrected chi connectivity index (χ4v) is 4.19. The molecule has 1 amide bonds. The van der Waals surface area contributed by atoms with E-state index >= 15 is 0 Å². The highest BCUT2D eigenvalue weighted by Crippen LogP contribution is 2.31. The molecule has 1 aromatic carbocycles. The van der Waals surface area contributed by atoms with E-state index in [-0.39, 0.29) is 12.0 Å². The van der Waals surface area contributed by atoms with Gasteiger partial charge in [-0.15, -0.1) is 11.3 Å². The Balaban J connectivity index is 1.34. The van der Waals surface area contributed by atoms with E-state index in [0.29, 0.717) is 18.1 Å². The number of hydrogen-bond acceptors (Lipinski definition) is 6. The normalized spacial score (nSPS) is 14.0. The number of rotatable bonds is 7. The smallest absolute Gasteiger partial charge is 0.271 e. The predicted octanol–water partition coefficient (Wildman–Crippen LogP) is 4.47. The third-order valence-corrected chi connectivity index (χ3v) is 5.79. The minimum absolute atomic E-state index is 0.214. The molecular formula is C22H23N3O3S. The molecule has 7 heteroatoms. The molecule has 0 atom stereocenters. The number of methoxy groups -OCH3 is 1. The predicted molar refractivity (Wildman–Crippen MR) is 112 cm³/mol. The number of pyridine rings is 1. The number of hydrogen-bond donors (Lipinski definition) is 1. The maximum absolute atomic E-state index is 12.5. The third kappa shape index (κ3) is 4.74. The third-order valence-electron chi connectivity index (χ3n) is 4.91. The Morgan fingerprint density at radius 3 is 2.79 bits per heavy atom. The van der Waals surface area contributed by atoms with Gasteiger partial charge in [0, 0.05) is 24.2 Å². The summed E-state index contributed by atoms with van der Waals surface area (Å²) in [6.07, 6.45) is 6.68. The van der Waals surface area contributed by atoms with Gasteiger partial charge in [0.1, 0.15) is 22.6 Å². The van der Waals surface area contributed by atoms with Crippen molar-refractivity contribution in [2.24, 2.45) is 0 Å². The first-order valence-electron chi connectivity index (χ1n) is 9.71. The van der Waals surface area contributed by atoms with Gasteiger partial charge in [-0.1, -0.05) is 18.2 Å². The second-order valence-electron chi connectivity index (χ2n) is 6.95. The molecule has 2 aromatic heterocycles. The maximum atomic E-state index is 12.5. The molecule has 0 spiro atoms. The Bertz CT molecular complexity index is 965. The van der Waals surface area contributed by atoms with Crippen LogP contribution < -0.4 is 14.8 Å². The number of thiazole rings is 1. The number of benzene rings is 1. The molecule has 6 nitrogen and oxygen atoms in total. The van der Waals surface area contributed by atoms with Gasteiger partial charge in [0.05, 0.1) is 12.7 Å². The van der Waals surface area contributed by atoms with Crippen LogP contribution >= 0.6 is 11.3 Å². The van der Waals surface area contributed by atoms with Gasteiger partial charge >= 0.3 is 0 Å². The summed E-state index contributed by atoms with van der Waals surface area (Å²) in [5.41, 5.74) is 2.18. The van der Waals surface area contributed by atoms with Crippen molar-refractivity contribution >= 4 is 17.2 Å². The van der Waals surface area contributed by atoms with Crippen molar-refractivity contribution < 1.29 is 14.3 Å². The lowest BCUT2D eigenvalue weighted by Crippen LogP contribution is -2.23. The van der Waals surface area contributed by atoms with Gasteiger partial charge < -0.3 is 14.8 Å². The Morgan fingerprint density at radius 1 is 1.21 bits per heavy atom. The number of ether oxygens (including phenoxy) is 2. The van der Waals surface area contributed by atoms with Gasteiger partial charge in [0.25, 0.3) is 5.91 Å². The van der Waals surface area contributed by atoms with Crippen molar-refractivity contribution in [3.05, 3.63) is 59.2 Å². The van der Waals surface area contributed by atoms with Crippen LogP contribution in [0.5, 0.6) is 11.6 Å². The fourth-order valence-electron chi connectivity index (χ4n) is 3.36. The zero-order chi connectivity index (χ0) is 20.1. The largest absolute Gasteiger partial charge is 0.496 e. The summed E-state index contributed by atoms with van der Waals surface area (Å²) >= 11 is 1.42. The summed E-state index contributed by atoms with van der Waals surface area (Å²) in [7, 11) is 1.62. The fraction of sp³-hybridized carbons (Fsp3) is 0.318. The van der Waals surface area contributed by atoms with E-state index < -0.39 is 0 Å². The Labute approximate surface area is 173 Å². The van der Waals surface area contributed by atoms with E-state index in [2.05, 4.69) is 15.3 Å². The molecule has 1 fully saturated rings. The van der Waals surface area contributed by atoms with Crippen molar-refractivity contribution in [3.63, 3.8) is 0 Å². The number of para-hydroxylation sites is 1. The number of carbonyl (C=O) groups excluding carboxylic acids is 1. The molecule has 1 saturated carbocycles. The first kappa shape index (κ1) is 19.4. The number of carbonyl (C=O) groups is 1. The van der Waals surface area contributed by atoms with Gasteiger partial charge in [0.15, 0.2) is 0 Å². The average Bonchev–Trinajstić information content (AvgIpc) is 3.45. The van der Waals surface area contributed by atoms with Crippen molar-refractivity contribution in [2.75, 3.05) is 7.11 Å². The quantitative estimate of drug-likeness (QED) is 0.623. The molecule has 150 valence electrons. The van der Waals surface area contributed by atoms with Crippen molar-refractivity contribution in [1.29, 1.82) is 0 Å². The second kappa shape index (κ2) is 9.05. The van der Waals surface area contributed by atoms with Crippen LogP contribution in [0.4, 0.5) is 0 Å². The SMILES string of the molecule is COc1ccccc1-c1nc(C(=O)NCc2ccc(OC3CCCC3)nc2)cs1. The van der Waals surface area contributed by atoms with Gasteiger partial charge in [-0.25, -0.2) is 9.97 Å². The van der Waals surface area contributed by atoms with E-state index in [1.54, 1.807) is 18.7 Å². The summed E-state index contributed by atoms with van der Waals surface area (Å²) in [5.74, 6) is 1.17. The van der Waals surface area contributed by atoms with E-state index in [4.69, 9.17) is 9.47 Å². The van der Waals surface area contributed by atoms with Crippen LogP contribution in [0.15, 0.2) is 48.0 Å². The molecule has 0 unspecified atom stereocenters. The van der Waals surface area contributed by atoms with Crippen LogP contribution in [0, 0.1) is 0 Å². The topological polar surface area (TPSA) is 73.3 Å². The van der Waals surface area contributed by atoms with Crippen molar-refractivity contribution in [3.8, 4) is 22.2 Å². The number of aromatic nitrogens is 2. The molecule has 0 saturated heterocycles. The molecule has 0 radical (unpaired) electrons. The zero-order valence-corrected chi connectivity index (χ0v) is 17.1. The van der Waals surface area contributed by atoms with Crippen LogP contribution in [0.1, 0.15) is 41.7 Å². The minimum Gasteiger partial charge on any atom is -0.496 e. The number of nitrogens with one attached hydrogen (secondary N) is 1. The molecule has 1 N–H and O–H groups in total. The van der Waals surface area contributed by atoms with E-state index in [1.807, 2.05) is 36.4 Å². The highest BCUT2D eigenvalue weighted by atomic mass is 32.1. The summed E-state index contributed by atoms with van der Waals surface area (Å²) in [6, 6.07) is 11.4. The lowest BCUT2D eigenvalue weighted by Gasteiger charge is -2.12. The van der Waals surface area contributed by atoms with E-state index in [1.165, 1.54) is 24.2 Å². The maximum Gasteiger partial charge on any atom is 0.271 e. The lowest BCUT2D eigenvalue weighted by molar-refractivity contribution is 0.0946. The summed E-state index contributed by atoms with van der Waals surface area (Å²) in [4.78, 5) is 21.3. The summed E-state index contributed by atoms with van der Waals surface area (Å²) < 4.78 is 11.2. The summed E-state index contributed by atoms with van der Waals surface area (Å²) in [6.45, 7) is 0.386. The van der Waals surface area contributed by atoms with Gasteiger partial charge in [-0.05, 0) is 43.4 Å². The van der Waals surface area contributed by atoms with Gasteiger partial charge in [-0.2, -0.15) is 0 Å². The van der Waals surface area contributed by atoms with Crippen molar-refractivity contribution in [1.82, 2.24) is 15.3 Å². The minimum atomic E-state index is -0.214. The monoisotopic (exact) mass is 409 g/mol. The summed E-state index contributed by atoms with van der Waals surface area (Å²) in [5, 5.41) is 5.40. The molecule has 1 aliphatic carbocycles. The first-order valence-corrected chi connectivity index (χ1v) is 10.6. The Kier molecular flexibility index (Phi) is 6.05. The van der Waals surface area contributed by atoms with Crippen LogP contribution in [0.2, 0.25) is 0 Å². The van der Waals surface area contributed by atoms with Crippen LogP contribution in [0.25, 0.3) is 10.6 Å². The average molecular weight is 410 g/mol. The first-order chi connectivity index (χ1) is 14.2. The Morgan fingerprint density at radius 2 is 2.03 bits per heavy atom. The van der Waals surface area contributed by atoms with Gasteiger partial charge in [0.2, 0.25) is 5.88 Å². The van der Waals surface area contributed by atoms with Crippen LogP contribution in [-0.2, 0) is 6.54 Å². The highest BCUT2D eigenvalue weighted by molar-refractivity contribution is 7.13. The van der Waals surface area contributed by atoms with Crippen LogP contribution in [0.3, 0.4) is 0 Å². The molecule has 3 aromatic rings. The molecule has 29 heavy (non-hydrogen) atoms. The number of nitrogens with zero attached hydrogens (tertiary/aromatic N) is 2. The molecule has 1 aliphatic rings. The standard InChI is InChI=1S/C22H23N3O3S/c1-27-19-9-5-4-8-17(19)22-25-18(14-29-22)21(26)24-13-15-10-11-20(23-12-15)28-16-6-2-3-7-16/h4-5,8-12,14,16H,2-3,6-7,13H2,1H3,(H,24,26). The molecule has 4 rings (SSSR count). The van der Waals surface area contributed by atoms with Crippen molar-refractivity contribution in [2.45, 2.75) is 38.3 Å². The lowest BCUT2D eigenvalue weighted by atomic mass is 10.2. The van der Waals surface area contributed by atoms with E-state index in [9.17, 15) is 4.79 Å². The second-order valence-corrected chi connectivity index (χ2v) is 7.81. The van der Waals surface area contributed by atoms with E-state index in [0.717, 1.165) is 34.7 Å². The molecule has 2 heterocycles. The number of amides is 1.